The molecule has 0 fully saturated rings. The molecular weight excluding hydrogens is 164 g/mol. The van der Waals surface area contributed by atoms with Gasteiger partial charge in [0.2, 0.25) is 0 Å². The third kappa shape index (κ3) is 11.9. The second kappa shape index (κ2) is 8.52. The van der Waals surface area contributed by atoms with E-state index in [1.807, 2.05) is 0 Å². The monoisotopic (exact) mass is 188 g/mol. The van der Waals surface area contributed by atoms with Gasteiger partial charge in [-0.3, -0.25) is 0 Å². The minimum atomic E-state index is 0.458. The fourth-order valence-electron chi connectivity index (χ4n) is 0.815. The van der Waals surface area contributed by atoms with Crippen LogP contribution in [0.1, 0.15) is 40.5 Å². The summed E-state index contributed by atoms with van der Waals surface area (Å²) in [5, 5.41) is 0. The number of hydrogen-bond acceptors (Lipinski definition) is 2. The summed E-state index contributed by atoms with van der Waals surface area (Å²) in [6.07, 6.45) is 2.24. The lowest BCUT2D eigenvalue weighted by Crippen LogP contribution is -2.06. The Morgan fingerprint density at radius 1 is 0.769 bits per heavy atom. The molecule has 0 saturated heterocycles. The highest BCUT2D eigenvalue weighted by atomic mass is 16.7. The zero-order valence-corrected chi connectivity index (χ0v) is 9.51. The number of ether oxygens (including phenoxy) is 2. The lowest BCUT2D eigenvalue weighted by Gasteiger charge is -2.08. The first kappa shape index (κ1) is 12.9. The quantitative estimate of drug-likeness (QED) is 0.430. The Morgan fingerprint density at radius 2 is 1.15 bits per heavy atom. The van der Waals surface area contributed by atoms with Crippen molar-refractivity contribution in [2.75, 3.05) is 20.0 Å². The van der Waals surface area contributed by atoms with Gasteiger partial charge in [0, 0.05) is 13.2 Å². The van der Waals surface area contributed by atoms with E-state index in [9.17, 15) is 0 Å². The average molecular weight is 188 g/mol. The van der Waals surface area contributed by atoms with E-state index >= 15 is 0 Å². The molecule has 0 unspecified atom stereocenters. The molecule has 0 heterocycles. The van der Waals surface area contributed by atoms with Crippen molar-refractivity contribution in [3.8, 4) is 0 Å². The predicted molar refractivity (Wildman–Crippen MR) is 55.7 cm³/mol. The number of rotatable bonds is 8. The van der Waals surface area contributed by atoms with Gasteiger partial charge in [0.1, 0.15) is 6.79 Å². The molecular formula is C11H24O2. The van der Waals surface area contributed by atoms with Gasteiger partial charge < -0.3 is 9.47 Å². The van der Waals surface area contributed by atoms with Crippen LogP contribution in [0.3, 0.4) is 0 Å². The van der Waals surface area contributed by atoms with Crippen molar-refractivity contribution in [2.24, 2.45) is 11.8 Å². The standard InChI is InChI=1S/C11H24O2/c1-10(2)5-7-12-9-13-8-6-11(3)4/h10-11H,5-9H2,1-4H3. The van der Waals surface area contributed by atoms with Gasteiger partial charge in [-0.25, -0.2) is 0 Å². The van der Waals surface area contributed by atoms with Gasteiger partial charge in [-0.05, 0) is 24.7 Å². The van der Waals surface area contributed by atoms with Crippen LogP contribution in [0.25, 0.3) is 0 Å². The maximum absolute atomic E-state index is 5.30. The van der Waals surface area contributed by atoms with Crippen molar-refractivity contribution in [3.05, 3.63) is 0 Å². The van der Waals surface area contributed by atoms with Gasteiger partial charge in [0.25, 0.3) is 0 Å². The molecule has 0 spiro atoms. The third-order valence-corrected chi connectivity index (χ3v) is 1.85. The summed E-state index contributed by atoms with van der Waals surface area (Å²) in [6, 6.07) is 0. The minimum Gasteiger partial charge on any atom is -0.355 e. The fourth-order valence-corrected chi connectivity index (χ4v) is 0.815. The van der Waals surface area contributed by atoms with Gasteiger partial charge in [0.05, 0.1) is 0 Å². The van der Waals surface area contributed by atoms with Crippen molar-refractivity contribution in [1.82, 2.24) is 0 Å². The number of hydrogen-bond donors (Lipinski definition) is 0. The first-order valence-electron chi connectivity index (χ1n) is 5.28. The summed E-state index contributed by atoms with van der Waals surface area (Å²) in [5.74, 6) is 1.44. The van der Waals surface area contributed by atoms with Gasteiger partial charge >= 0.3 is 0 Å². The van der Waals surface area contributed by atoms with Crippen LogP contribution in [0.15, 0.2) is 0 Å². The first-order chi connectivity index (χ1) is 6.13. The summed E-state index contributed by atoms with van der Waals surface area (Å²) < 4.78 is 10.6. The van der Waals surface area contributed by atoms with E-state index < -0.39 is 0 Å². The smallest absolute Gasteiger partial charge is 0.146 e. The molecule has 0 aromatic heterocycles. The van der Waals surface area contributed by atoms with E-state index in [0.29, 0.717) is 6.79 Å². The van der Waals surface area contributed by atoms with E-state index in [2.05, 4.69) is 27.7 Å². The predicted octanol–water partition coefficient (Wildman–Crippen LogP) is 3.07. The minimum absolute atomic E-state index is 0.458. The van der Waals surface area contributed by atoms with Crippen molar-refractivity contribution >= 4 is 0 Å². The summed E-state index contributed by atoms with van der Waals surface area (Å²) in [7, 11) is 0. The van der Waals surface area contributed by atoms with Crippen LogP contribution in [-0.2, 0) is 9.47 Å². The molecule has 0 atom stereocenters. The summed E-state index contributed by atoms with van der Waals surface area (Å²) >= 11 is 0. The Kier molecular flexibility index (Phi) is 8.46. The van der Waals surface area contributed by atoms with Crippen LogP contribution in [0.4, 0.5) is 0 Å². The van der Waals surface area contributed by atoms with Gasteiger partial charge in [-0.15, -0.1) is 0 Å². The van der Waals surface area contributed by atoms with Crippen LogP contribution >= 0.6 is 0 Å². The van der Waals surface area contributed by atoms with Gasteiger partial charge in [-0.2, -0.15) is 0 Å². The Balaban J connectivity index is 2.92. The normalized spacial score (nSPS) is 11.5. The van der Waals surface area contributed by atoms with Crippen LogP contribution < -0.4 is 0 Å². The van der Waals surface area contributed by atoms with E-state index in [0.717, 1.165) is 37.9 Å². The van der Waals surface area contributed by atoms with Crippen LogP contribution in [0.2, 0.25) is 0 Å². The molecule has 0 saturated carbocycles. The Labute approximate surface area is 82.6 Å². The Morgan fingerprint density at radius 3 is 1.46 bits per heavy atom. The first-order valence-corrected chi connectivity index (χ1v) is 5.28. The second-order valence-electron chi connectivity index (χ2n) is 4.30. The van der Waals surface area contributed by atoms with Crippen molar-refractivity contribution in [1.29, 1.82) is 0 Å². The molecule has 0 rings (SSSR count). The summed E-state index contributed by atoms with van der Waals surface area (Å²) in [4.78, 5) is 0. The van der Waals surface area contributed by atoms with Crippen molar-refractivity contribution < 1.29 is 9.47 Å². The fraction of sp³-hybridized carbons (Fsp3) is 1.00. The molecule has 0 aromatic rings. The lowest BCUT2D eigenvalue weighted by molar-refractivity contribution is -0.0586. The molecule has 2 heteroatoms. The molecule has 0 bridgehead atoms. The SMILES string of the molecule is CC(C)CCOCOCCC(C)C. The zero-order chi connectivity index (χ0) is 10.1. The van der Waals surface area contributed by atoms with Gasteiger partial charge in [0.15, 0.2) is 0 Å². The highest BCUT2D eigenvalue weighted by molar-refractivity contribution is 4.42. The molecule has 0 amide bonds. The molecule has 0 radical (unpaired) electrons. The molecule has 0 aromatic carbocycles. The van der Waals surface area contributed by atoms with Crippen LogP contribution in [-0.4, -0.2) is 20.0 Å². The van der Waals surface area contributed by atoms with E-state index in [4.69, 9.17) is 9.47 Å². The Hall–Kier alpha value is -0.0800. The molecule has 80 valence electrons. The zero-order valence-electron chi connectivity index (χ0n) is 9.51. The largest absolute Gasteiger partial charge is 0.355 e. The van der Waals surface area contributed by atoms with Crippen molar-refractivity contribution in [2.45, 2.75) is 40.5 Å². The van der Waals surface area contributed by atoms with E-state index in [1.165, 1.54) is 0 Å². The third-order valence-electron chi connectivity index (χ3n) is 1.85. The maximum atomic E-state index is 5.30. The van der Waals surface area contributed by atoms with Crippen LogP contribution in [0.5, 0.6) is 0 Å². The average Bonchev–Trinajstić information content (AvgIpc) is 2.01. The van der Waals surface area contributed by atoms with E-state index in [1.54, 1.807) is 0 Å². The highest BCUT2D eigenvalue weighted by Gasteiger charge is 1.95. The highest BCUT2D eigenvalue weighted by Crippen LogP contribution is 2.00. The molecule has 0 aliphatic carbocycles. The molecule has 13 heavy (non-hydrogen) atoms. The maximum Gasteiger partial charge on any atom is 0.146 e. The molecule has 0 aliphatic heterocycles. The second-order valence-corrected chi connectivity index (χ2v) is 4.30. The van der Waals surface area contributed by atoms with E-state index in [-0.39, 0.29) is 0 Å². The van der Waals surface area contributed by atoms with Gasteiger partial charge in [-0.1, -0.05) is 27.7 Å². The summed E-state index contributed by atoms with van der Waals surface area (Å²) in [6.45, 7) is 10.9. The van der Waals surface area contributed by atoms with Crippen LogP contribution in [0, 0.1) is 11.8 Å². The summed E-state index contributed by atoms with van der Waals surface area (Å²) in [5.41, 5.74) is 0. The molecule has 0 N–H and O–H groups in total. The van der Waals surface area contributed by atoms with Crippen molar-refractivity contribution in [3.63, 3.8) is 0 Å². The lowest BCUT2D eigenvalue weighted by atomic mass is 10.1. The topological polar surface area (TPSA) is 18.5 Å². The Bertz CT molecular complexity index is 88.3. The molecule has 2 nitrogen and oxygen atoms in total. The molecule has 0 aliphatic rings.